The van der Waals surface area contributed by atoms with Crippen LogP contribution in [0.3, 0.4) is 0 Å². The predicted molar refractivity (Wildman–Crippen MR) is 129 cm³/mol. The maximum atomic E-state index is 13.0. The molecule has 0 atom stereocenters. The van der Waals surface area contributed by atoms with E-state index in [2.05, 4.69) is 20.3 Å². The van der Waals surface area contributed by atoms with Gasteiger partial charge in [0.2, 0.25) is 10.0 Å². The average molecular weight is 565 g/mol. The largest absolute Gasteiger partial charge is 0.356 e. The normalized spacial score (nSPS) is 11.5. The lowest BCUT2D eigenvalue weighted by molar-refractivity contribution is -0.384. The summed E-state index contributed by atoms with van der Waals surface area (Å²) in [6, 6.07) is 12.3. The number of guanidine groups is 1. The van der Waals surface area contributed by atoms with E-state index in [1.54, 1.807) is 24.3 Å². The van der Waals surface area contributed by atoms with Crippen LogP contribution in [0, 0.1) is 15.9 Å². The molecule has 170 valence electrons. The molecule has 0 aromatic heterocycles. The monoisotopic (exact) mass is 565 g/mol. The van der Waals surface area contributed by atoms with Gasteiger partial charge in [0.15, 0.2) is 5.96 Å². The standard InChI is InChI=1S/C19H24FN5O4S.HI/c1-30(28,29)24-13-12-22-19(21-11-10-15-2-6-17(20)7-3-15)23-14-16-4-8-18(9-5-16)25(26)27;/h2-9,24H,10-14H2,1H3,(H2,21,22,23);1H. The number of nitro groups is 1. The highest BCUT2D eigenvalue weighted by atomic mass is 127. The number of aliphatic imine (C=N–C) groups is 1. The minimum atomic E-state index is -3.28. The van der Waals surface area contributed by atoms with Crippen LogP contribution in [-0.4, -0.2) is 45.2 Å². The molecule has 2 aromatic carbocycles. The first-order valence-electron chi connectivity index (χ1n) is 9.17. The second-order valence-electron chi connectivity index (χ2n) is 6.48. The number of nitrogens with zero attached hydrogens (tertiary/aromatic N) is 2. The third-order valence-corrected chi connectivity index (χ3v) is 4.70. The van der Waals surface area contributed by atoms with Crippen LogP contribution in [0.5, 0.6) is 0 Å². The van der Waals surface area contributed by atoms with E-state index < -0.39 is 14.9 Å². The number of rotatable bonds is 10. The number of non-ortho nitro benzene ring substituents is 1. The molecule has 0 heterocycles. The Hall–Kier alpha value is -2.32. The lowest BCUT2D eigenvalue weighted by Gasteiger charge is -2.13. The van der Waals surface area contributed by atoms with Gasteiger partial charge in [-0.1, -0.05) is 24.3 Å². The van der Waals surface area contributed by atoms with Crippen LogP contribution in [0.2, 0.25) is 0 Å². The van der Waals surface area contributed by atoms with E-state index in [-0.39, 0.29) is 48.6 Å². The molecule has 2 aromatic rings. The molecule has 3 N–H and O–H groups in total. The number of benzene rings is 2. The van der Waals surface area contributed by atoms with Gasteiger partial charge in [-0.25, -0.2) is 22.5 Å². The molecule has 0 radical (unpaired) electrons. The fraction of sp³-hybridized carbons (Fsp3) is 0.316. The van der Waals surface area contributed by atoms with Gasteiger partial charge in [0.1, 0.15) is 5.82 Å². The molecule has 31 heavy (non-hydrogen) atoms. The van der Waals surface area contributed by atoms with Gasteiger partial charge in [-0.2, -0.15) is 0 Å². The Morgan fingerprint density at radius 2 is 1.58 bits per heavy atom. The van der Waals surface area contributed by atoms with Gasteiger partial charge in [-0.3, -0.25) is 10.1 Å². The Morgan fingerprint density at radius 1 is 1.00 bits per heavy atom. The van der Waals surface area contributed by atoms with Crippen LogP contribution in [0.25, 0.3) is 0 Å². The molecule has 9 nitrogen and oxygen atoms in total. The van der Waals surface area contributed by atoms with Crippen molar-refractivity contribution in [2.45, 2.75) is 13.0 Å². The zero-order chi connectivity index (χ0) is 22.0. The summed E-state index contributed by atoms with van der Waals surface area (Å²) in [7, 11) is -3.28. The summed E-state index contributed by atoms with van der Waals surface area (Å²) in [6.07, 6.45) is 1.72. The average Bonchev–Trinajstić information content (AvgIpc) is 2.69. The van der Waals surface area contributed by atoms with Crippen molar-refractivity contribution < 1.29 is 17.7 Å². The molecule has 0 aliphatic rings. The second-order valence-corrected chi connectivity index (χ2v) is 8.32. The van der Waals surface area contributed by atoms with Crippen LogP contribution in [-0.2, 0) is 23.0 Å². The van der Waals surface area contributed by atoms with E-state index in [1.807, 2.05) is 0 Å². The molecule has 12 heteroatoms. The van der Waals surface area contributed by atoms with Gasteiger partial charge >= 0.3 is 0 Å². The van der Waals surface area contributed by atoms with Crippen molar-refractivity contribution in [1.82, 2.24) is 15.4 Å². The molecule has 0 saturated carbocycles. The van der Waals surface area contributed by atoms with Crippen LogP contribution < -0.4 is 15.4 Å². The van der Waals surface area contributed by atoms with Gasteiger partial charge < -0.3 is 10.6 Å². The fourth-order valence-corrected chi connectivity index (χ4v) is 2.93. The maximum absolute atomic E-state index is 13.0. The number of sulfonamides is 1. The molecule has 0 saturated heterocycles. The molecule has 0 unspecified atom stereocenters. The van der Waals surface area contributed by atoms with E-state index in [1.165, 1.54) is 24.3 Å². The Labute approximate surface area is 197 Å². The van der Waals surface area contributed by atoms with Crippen molar-refractivity contribution in [1.29, 1.82) is 0 Å². The van der Waals surface area contributed by atoms with Crippen LogP contribution in [0.15, 0.2) is 53.5 Å². The van der Waals surface area contributed by atoms with E-state index >= 15 is 0 Å². The second kappa shape index (κ2) is 13.2. The van der Waals surface area contributed by atoms with Gasteiger partial charge in [0.25, 0.3) is 5.69 Å². The summed E-state index contributed by atoms with van der Waals surface area (Å²) >= 11 is 0. The Balaban J connectivity index is 0.00000480. The first-order valence-corrected chi connectivity index (χ1v) is 11.1. The predicted octanol–water partition coefficient (Wildman–Crippen LogP) is 2.18. The number of nitro benzene ring substituents is 1. The van der Waals surface area contributed by atoms with E-state index in [0.29, 0.717) is 25.5 Å². The van der Waals surface area contributed by atoms with Crippen LogP contribution >= 0.6 is 24.0 Å². The first kappa shape index (κ1) is 26.7. The zero-order valence-electron chi connectivity index (χ0n) is 16.9. The van der Waals surface area contributed by atoms with E-state index in [9.17, 15) is 22.9 Å². The Morgan fingerprint density at radius 3 is 2.16 bits per heavy atom. The summed E-state index contributed by atoms with van der Waals surface area (Å²) in [4.78, 5) is 14.7. The maximum Gasteiger partial charge on any atom is 0.269 e. The number of halogens is 2. The lowest BCUT2D eigenvalue weighted by atomic mass is 10.1. The Bertz CT molecular complexity index is 970. The molecule has 0 bridgehead atoms. The van der Waals surface area contributed by atoms with E-state index in [0.717, 1.165) is 17.4 Å². The fourth-order valence-electron chi connectivity index (χ4n) is 2.46. The van der Waals surface area contributed by atoms with Crippen molar-refractivity contribution in [3.63, 3.8) is 0 Å². The number of hydrogen-bond donors (Lipinski definition) is 3. The Kier molecular flexibility index (Phi) is 11.3. The van der Waals surface area contributed by atoms with Crippen LogP contribution in [0.1, 0.15) is 11.1 Å². The van der Waals surface area contributed by atoms with Crippen molar-refractivity contribution in [3.05, 3.63) is 75.6 Å². The highest BCUT2D eigenvalue weighted by molar-refractivity contribution is 14.0. The van der Waals surface area contributed by atoms with Gasteiger partial charge in [0, 0.05) is 31.8 Å². The van der Waals surface area contributed by atoms with Gasteiger partial charge in [-0.05, 0) is 29.7 Å². The van der Waals surface area contributed by atoms with Crippen molar-refractivity contribution in [2.75, 3.05) is 25.9 Å². The minimum absolute atomic E-state index is 0. The third-order valence-electron chi connectivity index (χ3n) is 3.97. The zero-order valence-corrected chi connectivity index (χ0v) is 20.0. The molecule has 0 aliphatic carbocycles. The lowest BCUT2D eigenvalue weighted by Crippen LogP contribution is -2.42. The smallest absolute Gasteiger partial charge is 0.269 e. The summed E-state index contributed by atoms with van der Waals surface area (Å²) in [5, 5.41) is 16.9. The van der Waals surface area contributed by atoms with Gasteiger partial charge in [-0.15, -0.1) is 24.0 Å². The van der Waals surface area contributed by atoms with Crippen LogP contribution in [0.4, 0.5) is 10.1 Å². The molecule has 0 amide bonds. The highest BCUT2D eigenvalue weighted by Crippen LogP contribution is 2.12. The summed E-state index contributed by atoms with van der Waals surface area (Å²) < 4.78 is 37.7. The molecular weight excluding hydrogens is 540 g/mol. The topological polar surface area (TPSA) is 126 Å². The quantitative estimate of drug-likeness (QED) is 0.101. The van der Waals surface area contributed by atoms with Crippen molar-refractivity contribution >= 4 is 45.6 Å². The van der Waals surface area contributed by atoms with Crippen molar-refractivity contribution in [3.8, 4) is 0 Å². The minimum Gasteiger partial charge on any atom is -0.356 e. The molecule has 0 spiro atoms. The molecule has 0 aliphatic heterocycles. The molecule has 0 fully saturated rings. The highest BCUT2D eigenvalue weighted by Gasteiger charge is 2.05. The van der Waals surface area contributed by atoms with Gasteiger partial charge in [0.05, 0.1) is 17.7 Å². The molecular formula is C19H25FIN5O4S. The van der Waals surface area contributed by atoms with E-state index in [4.69, 9.17) is 0 Å². The first-order chi connectivity index (χ1) is 14.2. The van der Waals surface area contributed by atoms with Crippen molar-refractivity contribution in [2.24, 2.45) is 4.99 Å². The summed E-state index contributed by atoms with van der Waals surface area (Å²) in [5.74, 6) is 0.169. The number of hydrogen-bond acceptors (Lipinski definition) is 5. The molecule has 2 rings (SSSR count). The third kappa shape index (κ3) is 11.0. The SMILES string of the molecule is CS(=O)(=O)NCCNC(=NCc1ccc([N+](=O)[O-])cc1)NCCc1ccc(F)cc1.I. The summed E-state index contributed by atoms with van der Waals surface area (Å²) in [6.45, 7) is 1.31. The summed E-state index contributed by atoms with van der Waals surface area (Å²) in [5.41, 5.74) is 1.75. The number of nitrogens with one attached hydrogen (secondary N) is 3.